The molecule has 3 N–H and O–H groups in total. The van der Waals surface area contributed by atoms with E-state index in [9.17, 15) is 19.8 Å². The smallest absolute Gasteiger partial charge is 0.325 e. The summed E-state index contributed by atoms with van der Waals surface area (Å²) in [5.74, 6) is -1.08. The molecule has 0 bridgehead atoms. The predicted octanol–water partition coefficient (Wildman–Crippen LogP) is 0.936. The zero-order chi connectivity index (χ0) is 17.3. The van der Waals surface area contributed by atoms with E-state index in [4.69, 9.17) is 0 Å². The summed E-state index contributed by atoms with van der Waals surface area (Å²) in [5.41, 5.74) is -1.11. The number of nitrogens with one attached hydrogen (secondary N) is 1. The van der Waals surface area contributed by atoms with E-state index in [1.807, 2.05) is 13.0 Å². The van der Waals surface area contributed by atoms with E-state index in [0.717, 1.165) is 12.0 Å². The van der Waals surface area contributed by atoms with Crippen molar-refractivity contribution in [3.05, 3.63) is 23.8 Å². The van der Waals surface area contributed by atoms with E-state index in [0.29, 0.717) is 5.92 Å². The number of methoxy groups -OCH3 is 1. The molecule has 3 atom stereocenters. The average Bonchev–Trinajstić information content (AvgIpc) is 2.49. The van der Waals surface area contributed by atoms with Crippen LogP contribution in [-0.4, -0.2) is 47.4 Å². The van der Waals surface area contributed by atoms with Crippen molar-refractivity contribution in [1.82, 2.24) is 5.32 Å². The molecule has 0 aliphatic carbocycles. The van der Waals surface area contributed by atoms with E-state index >= 15 is 0 Å². The monoisotopic (exact) mass is 313 g/mol. The van der Waals surface area contributed by atoms with E-state index in [-0.39, 0.29) is 6.54 Å². The number of rotatable bonds is 8. The van der Waals surface area contributed by atoms with Gasteiger partial charge < -0.3 is 20.3 Å². The molecule has 0 heterocycles. The Morgan fingerprint density at radius 1 is 1.41 bits per heavy atom. The molecule has 0 aromatic heterocycles. The maximum absolute atomic E-state index is 11.8. The van der Waals surface area contributed by atoms with Gasteiger partial charge >= 0.3 is 5.97 Å². The number of aliphatic hydroxyl groups is 2. The van der Waals surface area contributed by atoms with Crippen LogP contribution < -0.4 is 5.32 Å². The molecule has 0 aliphatic heterocycles. The first-order valence-corrected chi connectivity index (χ1v) is 7.27. The summed E-state index contributed by atoms with van der Waals surface area (Å²) in [6.07, 6.45) is 4.65. The first-order chi connectivity index (χ1) is 10.1. The molecule has 6 heteroatoms. The van der Waals surface area contributed by atoms with Gasteiger partial charge in [0.25, 0.3) is 5.91 Å². The van der Waals surface area contributed by atoms with Crippen LogP contribution in [0.15, 0.2) is 23.8 Å². The Morgan fingerprint density at radius 2 is 2.00 bits per heavy atom. The van der Waals surface area contributed by atoms with E-state index in [2.05, 4.69) is 23.9 Å². The second kappa shape index (κ2) is 9.38. The summed E-state index contributed by atoms with van der Waals surface area (Å²) in [4.78, 5) is 22.8. The number of esters is 1. The lowest BCUT2D eigenvalue weighted by atomic mass is 9.96. The van der Waals surface area contributed by atoms with Gasteiger partial charge in [0.05, 0.1) is 7.11 Å². The molecule has 0 aliphatic rings. The van der Waals surface area contributed by atoms with Crippen LogP contribution in [0.4, 0.5) is 0 Å². The van der Waals surface area contributed by atoms with Crippen LogP contribution in [0.25, 0.3) is 0 Å². The zero-order valence-corrected chi connectivity index (χ0v) is 13.9. The summed E-state index contributed by atoms with van der Waals surface area (Å²) in [5, 5.41) is 22.3. The number of carbonyl (C=O) groups excluding carboxylic acids is 2. The number of allylic oxidation sites excluding steroid dienone is 3. The van der Waals surface area contributed by atoms with Gasteiger partial charge in [0, 0.05) is 0 Å². The molecule has 6 nitrogen and oxygen atoms in total. The second-order valence-electron chi connectivity index (χ2n) is 5.51. The van der Waals surface area contributed by atoms with Gasteiger partial charge in [-0.05, 0) is 19.8 Å². The molecule has 0 aromatic rings. The number of hydrogen-bond acceptors (Lipinski definition) is 5. The van der Waals surface area contributed by atoms with Crippen molar-refractivity contribution in [2.24, 2.45) is 5.92 Å². The van der Waals surface area contributed by atoms with Gasteiger partial charge in [0.1, 0.15) is 12.6 Å². The molecule has 0 saturated heterocycles. The minimum absolute atomic E-state index is 0.366. The Kier molecular flexibility index (Phi) is 8.67. The van der Waals surface area contributed by atoms with E-state index in [1.165, 1.54) is 20.1 Å². The summed E-state index contributed by atoms with van der Waals surface area (Å²) in [7, 11) is 1.19. The van der Waals surface area contributed by atoms with E-state index in [1.54, 1.807) is 6.08 Å². The lowest BCUT2D eigenvalue weighted by molar-refractivity contribution is -0.150. The standard InChI is InChI=1S/C16H27NO5/c1-6-11(2)9-12(3)7-8-13(18)16(4,21)15(20)17-10-14(19)22-5/h7-9,11,13,18,21H,6,10H2,1-5H3,(H,17,20)/b8-7-,12-9+/t11-,13-,16+/m0/s1. The Balaban J connectivity index is 4.73. The third kappa shape index (κ3) is 6.87. The third-order valence-corrected chi connectivity index (χ3v) is 3.39. The first-order valence-electron chi connectivity index (χ1n) is 7.27. The van der Waals surface area contributed by atoms with Crippen molar-refractivity contribution in [1.29, 1.82) is 0 Å². The quantitative estimate of drug-likeness (QED) is 0.458. The molecule has 0 unspecified atom stereocenters. The summed E-state index contributed by atoms with van der Waals surface area (Å²) in [6, 6.07) is 0. The van der Waals surface area contributed by atoms with Crippen molar-refractivity contribution in [3.8, 4) is 0 Å². The van der Waals surface area contributed by atoms with Crippen LogP contribution in [-0.2, 0) is 14.3 Å². The maximum Gasteiger partial charge on any atom is 0.325 e. The maximum atomic E-state index is 11.8. The molecule has 22 heavy (non-hydrogen) atoms. The Bertz CT molecular complexity index is 440. The lowest BCUT2D eigenvalue weighted by Crippen LogP contribution is -2.53. The SMILES string of the molecule is CC[C@H](C)/C=C(C)/C=C\[C@H](O)[C@@](C)(O)C(=O)NCC(=O)OC. The van der Waals surface area contributed by atoms with Crippen LogP contribution >= 0.6 is 0 Å². The average molecular weight is 313 g/mol. The van der Waals surface area contributed by atoms with Gasteiger partial charge in [-0.3, -0.25) is 9.59 Å². The second-order valence-corrected chi connectivity index (χ2v) is 5.51. The Morgan fingerprint density at radius 3 is 2.50 bits per heavy atom. The highest BCUT2D eigenvalue weighted by Crippen LogP contribution is 2.14. The molecule has 0 fully saturated rings. The molecule has 126 valence electrons. The Hall–Kier alpha value is -1.66. The fraction of sp³-hybridized carbons (Fsp3) is 0.625. The zero-order valence-electron chi connectivity index (χ0n) is 13.9. The largest absolute Gasteiger partial charge is 0.468 e. The predicted molar refractivity (Wildman–Crippen MR) is 84.0 cm³/mol. The number of carbonyl (C=O) groups is 2. The number of hydrogen-bond donors (Lipinski definition) is 3. The fourth-order valence-electron chi connectivity index (χ4n) is 1.59. The van der Waals surface area contributed by atoms with Gasteiger partial charge in [0.2, 0.25) is 0 Å². The van der Waals surface area contributed by atoms with Crippen molar-refractivity contribution < 1.29 is 24.5 Å². The van der Waals surface area contributed by atoms with Gasteiger partial charge in [-0.2, -0.15) is 0 Å². The van der Waals surface area contributed by atoms with Crippen LogP contribution in [0.5, 0.6) is 0 Å². The van der Waals surface area contributed by atoms with Crippen LogP contribution in [0, 0.1) is 5.92 Å². The van der Waals surface area contributed by atoms with Crippen molar-refractivity contribution in [2.45, 2.75) is 45.8 Å². The minimum atomic E-state index is -2.04. The molecule has 0 rings (SSSR count). The molecule has 1 amide bonds. The topological polar surface area (TPSA) is 95.9 Å². The minimum Gasteiger partial charge on any atom is -0.468 e. The normalized spacial score (nSPS) is 17.7. The first kappa shape index (κ1) is 20.3. The molecular formula is C16H27NO5. The summed E-state index contributed by atoms with van der Waals surface area (Å²) in [6.45, 7) is 6.84. The molecule has 0 saturated carbocycles. The van der Waals surface area contributed by atoms with Gasteiger partial charge in [-0.15, -0.1) is 0 Å². The highest BCUT2D eigenvalue weighted by Gasteiger charge is 2.37. The Labute approximate surface area is 131 Å². The van der Waals surface area contributed by atoms with Gasteiger partial charge in [-0.1, -0.05) is 44.1 Å². The fourth-order valence-corrected chi connectivity index (χ4v) is 1.59. The highest BCUT2D eigenvalue weighted by atomic mass is 16.5. The van der Waals surface area contributed by atoms with Gasteiger partial charge in [-0.25, -0.2) is 0 Å². The van der Waals surface area contributed by atoms with Crippen LogP contribution in [0.1, 0.15) is 34.1 Å². The number of amides is 1. The lowest BCUT2D eigenvalue weighted by Gasteiger charge is -2.25. The van der Waals surface area contributed by atoms with E-state index < -0.39 is 23.6 Å². The molecule has 0 radical (unpaired) electrons. The molecule has 0 spiro atoms. The number of aliphatic hydroxyl groups excluding tert-OH is 1. The van der Waals surface area contributed by atoms with Crippen LogP contribution in [0.2, 0.25) is 0 Å². The van der Waals surface area contributed by atoms with Crippen LogP contribution in [0.3, 0.4) is 0 Å². The third-order valence-electron chi connectivity index (χ3n) is 3.39. The summed E-state index contributed by atoms with van der Waals surface area (Å²) >= 11 is 0. The van der Waals surface area contributed by atoms with Crippen molar-refractivity contribution >= 4 is 11.9 Å². The molecular weight excluding hydrogens is 286 g/mol. The highest BCUT2D eigenvalue weighted by molar-refractivity contribution is 5.88. The van der Waals surface area contributed by atoms with Gasteiger partial charge in [0.15, 0.2) is 5.60 Å². The molecule has 0 aromatic carbocycles. The van der Waals surface area contributed by atoms with Crippen molar-refractivity contribution in [3.63, 3.8) is 0 Å². The summed E-state index contributed by atoms with van der Waals surface area (Å²) < 4.78 is 4.38. The number of ether oxygens (including phenoxy) is 1. The van der Waals surface area contributed by atoms with Crippen molar-refractivity contribution in [2.75, 3.05) is 13.7 Å².